The van der Waals surface area contributed by atoms with Crippen molar-refractivity contribution in [2.75, 3.05) is 18.6 Å². The maximum absolute atomic E-state index is 13.7. The summed E-state index contributed by atoms with van der Waals surface area (Å²) in [5.41, 5.74) is 0. The van der Waals surface area contributed by atoms with E-state index in [0.29, 0.717) is 21.3 Å². The molecule has 19 heavy (non-hydrogen) atoms. The van der Waals surface area contributed by atoms with Crippen LogP contribution in [0.15, 0.2) is 33.9 Å². The van der Waals surface area contributed by atoms with E-state index in [1.807, 2.05) is 6.26 Å². The predicted molar refractivity (Wildman–Crippen MR) is 77.5 cm³/mol. The van der Waals surface area contributed by atoms with E-state index >= 15 is 0 Å². The number of benzene rings is 1. The van der Waals surface area contributed by atoms with Crippen molar-refractivity contribution in [1.82, 2.24) is 9.97 Å². The Balaban J connectivity index is 2.31. The van der Waals surface area contributed by atoms with Gasteiger partial charge in [-0.3, -0.25) is 0 Å². The maximum Gasteiger partial charge on any atom is 0.225 e. The number of nitrogens with zero attached hydrogens (tertiary/aromatic N) is 2. The van der Waals surface area contributed by atoms with Gasteiger partial charge in [0.25, 0.3) is 0 Å². The molecule has 0 saturated heterocycles. The molecule has 1 heterocycles. The molecule has 0 unspecified atom stereocenters. The van der Waals surface area contributed by atoms with Gasteiger partial charge in [0, 0.05) is 17.6 Å². The largest absolute Gasteiger partial charge is 0.436 e. The van der Waals surface area contributed by atoms with Crippen LogP contribution in [0.2, 0.25) is 0 Å². The van der Waals surface area contributed by atoms with Crippen LogP contribution in [-0.4, -0.2) is 23.3 Å². The van der Waals surface area contributed by atoms with Crippen molar-refractivity contribution in [3.8, 4) is 11.6 Å². The van der Waals surface area contributed by atoms with E-state index in [2.05, 4.69) is 31.2 Å². The fraction of sp³-hybridized carbons (Fsp3) is 0.167. The quantitative estimate of drug-likeness (QED) is 0.673. The minimum atomic E-state index is -0.454. The number of hydrogen-bond acceptors (Lipinski definition) is 5. The molecule has 7 heteroatoms. The standard InChI is InChI=1S/C12H11BrFN3OS/c1-15-10-6-11(17-12(16-10)19-2)18-9-4-3-7(13)5-8(9)14/h3-6H,1-2H3,(H,15,16,17). The third-order valence-corrected chi connectivity index (χ3v) is 3.27. The minimum absolute atomic E-state index is 0.121. The van der Waals surface area contributed by atoms with E-state index in [1.165, 1.54) is 17.8 Å². The highest BCUT2D eigenvalue weighted by Crippen LogP contribution is 2.27. The average Bonchev–Trinajstić information content (AvgIpc) is 2.41. The Labute approximate surface area is 122 Å². The molecule has 0 amide bonds. The van der Waals surface area contributed by atoms with Gasteiger partial charge < -0.3 is 10.1 Å². The lowest BCUT2D eigenvalue weighted by atomic mass is 10.3. The van der Waals surface area contributed by atoms with Crippen LogP contribution in [0.1, 0.15) is 0 Å². The van der Waals surface area contributed by atoms with E-state index in [-0.39, 0.29) is 5.75 Å². The third kappa shape index (κ3) is 3.57. The smallest absolute Gasteiger partial charge is 0.225 e. The summed E-state index contributed by atoms with van der Waals surface area (Å²) in [6.45, 7) is 0. The number of hydrogen-bond donors (Lipinski definition) is 1. The van der Waals surface area contributed by atoms with E-state index in [4.69, 9.17) is 4.74 Å². The fourth-order valence-corrected chi connectivity index (χ4v) is 2.05. The Morgan fingerprint density at radius 1 is 1.32 bits per heavy atom. The first kappa shape index (κ1) is 14.1. The summed E-state index contributed by atoms with van der Waals surface area (Å²) in [4.78, 5) is 8.38. The summed E-state index contributed by atoms with van der Waals surface area (Å²) in [6.07, 6.45) is 1.86. The molecule has 1 aromatic carbocycles. The first-order valence-electron chi connectivity index (χ1n) is 5.36. The molecule has 1 aromatic heterocycles. The van der Waals surface area contributed by atoms with E-state index in [9.17, 15) is 4.39 Å². The monoisotopic (exact) mass is 343 g/mol. The second kappa shape index (κ2) is 6.21. The molecule has 0 fully saturated rings. The van der Waals surface area contributed by atoms with Gasteiger partial charge in [-0.05, 0) is 24.5 Å². The van der Waals surface area contributed by atoms with E-state index in [1.54, 1.807) is 25.2 Å². The highest BCUT2D eigenvalue weighted by Gasteiger charge is 2.09. The second-order valence-corrected chi connectivity index (χ2v) is 5.19. The lowest BCUT2D eigenvalue weighted by molar-refractivity contribution is 0.422. The fourth-order valence-electron chi connectivity index (χ4n) is 1.35. The van der Waals surface area contributed by atoms with Crippen molar-refractivity contribution in [2.24, 2.45) is 0 Å². The highest BCUT2D eigenvalue weighted by molar-refractivity contribution is 9.10. The topological polar surface area (TPSA) is 47.0 Å². The van der Waals surface area contributed by atoms with Crippen molar-refractivity contribution in [3.05, 3.63) is 34.6 Å². The molecule has 0 bridgehead atoms. The second-order valence-electron chi connectivity index (χ2n) is 3.50. The minimum Gasteiger partial charge on any atom is -0.436 e. The number of rotatable bonds is 4. The Morgan fingerprint density at radius 2 is 2.11 bits per heavy atom. The van der Waals surface area contributed by atoms with Gasteiger partial charge in [-0.2, -0.15) is 4.98 Å². The summed E-state index contributed by atoms with van der Waals surface area (Å²) >= 11 is 4.58. The SMILES string of the molecule is CNc1cc(Oc2ccc(Br)cc2F)nc(SC)n1. The number of nitrogens with one attached hydrogen (secondary N) is 1. The van der Waals surface area contributed by atoms with Gasteiger partial charge in [0.1, 0.15) is 5.82 Å². The number of halogens is 2. The zero-order valence-electron chi connectivity index (χ0n) is 10.3. The van der Waals surface area contributed by atoms with Crippen molar-refractivity contribution in [1.29, 1.82) is 0 Å². The molecule has 100 valence electrons. The molecular formula is C12H11BrFN3OS. The van der Waals surface area contributed by atoms with Crippen LogP contribution in [0.3, 0.4) is 0 Å². The van der Waals surface area contributed by atoms with Crippen molar-refractivity contribution < 1.29 is 9.13 Å². The molecule has 2 rings (SSSR count). The molecule has 0 radical (unpaired) electrons. The van der Waals surface area contributed by atoms with E-state index in [0.717, 1.165) is 0 Å². The molecule has 0 aliphatic carbocycles. The Kier molecular flexibility index (Phi) is 4.60. The summed E-state index contributed by atoms with van der Waals surface area (Å²) in [7, 11) is 1.75. The molecule has 0 aliphatic heterocycles. The zero-order chi connectivity index (χ0) is 13.8. The first-order chi connectivity index (χ1) is 9.12. The number of anilines is 1. The van der Waals surface area contributed by atoms with Gasteiger partial charge in [-0.15, -0.1) is 0 Å². The molecule has 0 atom stereocenters. The van der Waals surface area contributed by atoms with Gasteiger partial charge in [0.15, 0.2) is 16.7 Å². The van der Waals surface area contributed by atoms with Crippen LogP contribution >= 0.6 is 27.7 Å². The summed E-state index contributed by atoms with van der Waals surface area (Å²) in [6, 6.07) is 6.19. The number of ether oxygens (including phenoxy) is 1. The van der Waals surface area contributed by atoms with Gasteiger partial charge in [-0.25, -0.2) is 9.37 Å². The van der Waals surface area contributed by atoms with Crippen molar-refractivity contribution in [3.63, 3.8) is 0 Å². The van der Waals surface area contributed by atoms with Gasteiger partial charge in [0.2, 0.25) is 5.88 Å². The molecular weight excluding hydrogens is 333 g/mol. The predicted octanol–water partition coefficient (Wildman–Crippen LogP) is 3.93. The van der Waals surface area contributed by atoms with E-state index < -0.39 is 5.82 Å². The van der Waals surface area contributed by atoms with Crippen LogP contribution in [0.5, 0.6) is 11.6 Å². The number of thioether (sulfide) groups is 1. The molecule has 4 nitrogen and oxygen atoms in total. The molecule has 0 aliphatic rings. The van der Waals surface area contributed by atoms with Gasteiger partial charge in [-0.1, -0.05) is 27.7 Å². The van der Waals surface area contributed by atoms with Crippen LogP contribution < -0.4 is 10.1 Å². The maximum atomic E-state index is 13.7. The first-order valence-corrected chi connectivity index (χ1v) is 7.38. The van der Waals surface area contributed by atoms with Crippen LogP contribution in [0, 0.1) is 5.82 Å². The van der Waals surface area contributed by atoms with Gasteiger partial charge >= 0.3 is 0 Å². The van der Waals surface area contributed by atoms with Crippen molar-refractivity contribution >= 4 is 33.5 Å². The van der Waals surface area contributed by atoms with Gasteiger partial charge in [0.05, 0.1) is 0 Å². The summed E-state index contributed by atoms with van der Waals surface area (Å²) in [5, 5.41) is 3.46. The molecule has 0 saturated carbocycles. The van der Waals surface area contributed by atoms with Crippen LogP contribution in [-0.2, 0) is 0 Å². The Hall–Kier alpha value is -1.34. The number of aromatic nitrogens is 2. The molecule has 0 spiro atoms. The molecule has 1 N–H and O–H groups in total. The molecule has 2 aromatic rings. The summed E-state index contributed by atoms with van der Waals surface area (Å²) in [5.74, 6) is 0.581. The van der Waals surface area contributed by atoms with Crippen molar-refractivity contribution in [2.45, 2.75) is 5.16 Å². The lowest BCUT2D eigenvalue weighted by Crippen LogP contribution is -1.98. The normalized spacial score (nSPS) is 10.3. The lowest BCUT2D eigenvalue weighted by Gasteiger charge is -2.08. The van der Waals surface area contributed by atoms with Crippen LogP contribution in [0.25, 0.3) is 0 Å². The third-order valence-electron chi connectivity index (χ3n) is 2.23. The Bertz CT molecular complexity index is 575. The summed E-state index contributed by atoms with van der Waals surface area (Å²) < 4.78 is 19.8. The zero-order valence-corrected chi connectivity index (χ0v) is 12.7. The Morgan fingerprint density at radius 3 is 2.74 bits per heavy atom. The average molecular weight is 344 g/mol. The van der Waals surface area contributed by atoms with Crippen LogP contribution in [0.4, 0.5) is 10.2 Å². The highest BCUT2D eigenvalue weighted by atomic mass is 79.9.